The van der Waals surface area contributed by atoms with Crippen LogP contribution in [0.1, 0.15) is 44.1 Å². The number of carbonyl (C=O) groups excluding carboxylic acids is 3. The second-order valence-corrected chi connectivity index (χ2v) is 11.2. The summed E-state index contributed by atoms with van der Waals surface area (Å²) in [5.74, 6) is -2.51. The number of aromatic amines is 1. The first-order valence-electron chi connectivity index (χ1n) is 14.3. The molecule has 4 unspecified atom stereocenters. The van der Waals surface area contributed by atoms with E-state index in [2.05, 4.69) is 25.9 Å². The molecule has 43 heavy (non-hydrogen) atoms. The summed E-state index contributed by atoms with van der Waals surface area (Å²) in [6.45, 7) is 0.689. The van der Waals surface area contributed by atoms with E-state index in [0.29, 0.717) is 38.0 Å². The standard InChI is InChI=1S/C28H45N9O5S/c1-43-14-11-22(35-24(38)19(30)8-4-5-12-29)26(40)36-21(10-6-13-33-28(31)32)25(39)37-23(27(41)42)15-17-16-34-20-9-3-2-7-18(17)20/h2-3,7,9,16,19,21-23,34H,4-6,8,10-15,29-30H2,1H3,(H,35,38)(H,36,40)(H,37,39)(H,41,42)(H4,31,32,33). The molecule has 2 rings (SSSR count). The maximum absolute atomic E-state index is 13.4. The summed E-state index contributed by atoms with van der Waals surface area (Å²) in [6.07, 6.45) is 6.17. The van der Waals surface area contributed by atoms with Crippen molar-refractivity contribution in [2.75, 3.05) is 25.1 Å². The van der Waals surface area contributed by atoms with Gasteiger partial charge in [0, 0.05) is 30.1 Å². The summed E-state index contributed by atoms with van der Waals surface area (Å²) >= 11 is 1.50. The Morgan fingerprint density at radius 3 is 2.23 bits per heavy atom. The van der Waals surface area contributed by atoms with Gasteiger partial charge in [0.05, 0.1) is 6.04 Å². The number of aliphatic carboxylic acids is 1. The van der Waals surface area contributed by atoms with E-state index < -0.39 is 47.9 Å². The van der Waals surface area contributed by atoms with Crippen LogP contribution in [0.25, 0.3) is 10.9 Å². The second kappa shape index (κ2) is 18.7. The second-order valence-electron chi connectivity index (χ2n) is 10.2. The molecule has 15 heteroatoms. The number of carboxylic acids is 1. The molecular weight excluding hydrogens is 574 g/mol. The van der Waals surface area contributed by atoms with Crippen LogP contribution in [0.2, 0.25) is 0 Å². The van der Waals surface area contributed by atoms with Crippen LogP contribution in [0.3, 0.4) is 0 Å². The number of rotatable bonds is 20. The Morgan fingerprint density at radius 1 is 0.930 bits per heavy atom. The number of H-pyrrole nitrogens is 1. The Balaban J connectivity index is 2.18. The molecule has 13 N–H and O–H groups in total. The lowest BCUT2D eigenvalue weighted by Crippen LogP contribution is -2.57. The Kier molecular flexibility index (Phi) is 15.4. The molecule has 1 aromatic carbocycles. The first kappa shape index (κ1) is 35.4. The van der Waals surface area contributed by atoms with Gasteiger partial charge < -0.3 is 49.0 Å². The fraction of sp³-hybridized carbons (Fsp3) is 0.536. The van der Waals surface area contributed by atoms with Gasteiger partial charge in [-0.05, 0) is 62.3 Å². The monoisotopic (exact) mass is 619 g/mol. The molecule has 3 amide bonds. The number of nitrogens with zero attached hydrogens (tertiary/aromatic N) is 1. The lowest BCUT2D eigenvalue weighted by Gasteiger charge is -2.25. The first-order valence-corrected chi connectivity index (χ1v) is 15.7. The van der Waals surface area contributed by atoms with Gasteiger partial charge >= 0.3 is 5.97 Å². The average Bonchev–Trinajstić information content (AvgIpc) is 3.38. The minimum atomic E-state index is -1.26. The highest BCUT2D eigenvalue weighted by Crippen LogP contribution is 2.19. The minimum absolute atomic E-state index is 0.0220. The van der Waals surface area contributed by atoms with Crippen LogP contribution in [-0.4, -0.2) is 89.0 Å². The van der Waals surface area contributed by atoms with Crippen molar-refractivity contribution in [2.45, 2.75) is 69.1 Å². The van der Waals surface area contributed by atoms with Gasteiger partial charge in [0.15, 0.2) is 5.96 Å². The molecule has 1 heterocycles. The summed E-state index contributed by atoms with van der Waals surface area (Å²) in [7, 11) is 0. The molecule has 1 aromatic heterocycles. The predicted octanol–water partition coefficient (Wildman–Crippen LogP) is -0.488. The van der Waals surface area contributed by atoms with E-state index in [0.717, 1.165) is 22.9 Å². The van der Waals surface area contributed by atoms with Gasteiger partial charge in [-0.3, -0.25) is 19.4 Å². The highest BCUT2D eigenvalue weighted by atomic mass is 32.2. The third-order valence-electron chi connectivity index (χ3n) is 6.84. The van der Waals surface area contributed by atoms with Gasteiger partial charge in [-0.15, -0.1) is 0 Å². The molecule has 0 saturated heterocycles. The molecule has 4 atom stereocenters. The maximum Gasteiger partial charge on any atom is 0.326 e. The van der Waals surface area contributed by atoms with Crippen LogP contribution in [0.15, 0.2) is 35.5 Å². The topological polar surface area (TPSA) is 257 Å². The number of fused-ring (bicyclic) bond motifs is 1. The normalized spacial score (nSPS) is 13.8. The number of unbranched alkanes of at least 4 members (excludes halogenated alkanes) is 1. The molecule has 0 fully saturated rings. The third kappa shape index (κ3) is 12.1. The smallest absolute Gasteiger partial charge is 0.326 e. The van der Waals surface area contributed by atoms with E-state index in [9.17, 15) is 24.3 Å². The molecule has 0 spiro atoms. The summed E-state index contributed by atoms with van der Waals surface area (Å²) < 4.78 is 0. The summed E-state index contributed by atoms with van der Waals surface area (Å²) in [6, 6.07) is 3.30. The number of benzene rings is 1. The van der Waals surface area contributed by atoms with Crippen LogP contribution < -0.4 is 38.9 Å². The number of carbonyl (C=O) groups is 4. The predicted molar refractivity (Wildman–Crippen MR) is 169 cm³/mol. The number of aliphatic imine (C=N–C) groups is 1. The molecular formula is C28H45N9O5S. The average molecular weight is 620 g/mol. The third-order valence-corrected chi connectivity index (χ3v) is 7.49. The molecule has 2 aromatic rings. The minimum Gasteiger partial charge on any atom is -0.480 e. The van der Waals surface area contributed by atoms with Crippen LogP contribution in [0.4, 0.5) is 0 Å². The van der Waals surface area contributed by atoms with E-state index in [-0.39, 0.29) is 25.3 Å². The van der Waals surface area contributed by atoms with Crippen molar-refractivity contribution in [1.29, 1.82) is 0 Å². The number of nitrogens with two attached hydrogens (primary N) is 4. The van der Waals surface area contributed by atoms with Gasteiger partial charge in [0.2, 0.25) is 17.7 Å². The maximum atomic E-state index is 13.4. The van der Waals surface area contributed by atoms with Crippen molar-refractivity contribution in [2.24, 2.45) is 27.9 Å². The number of thioether (sulfide) groups is 1. The highest BCUT2D eigenvalue weighted by molar-refractivity contribution is 7.98. The fourth-order valence-electron chi connectivity index (χ4n) is 4.46. The lowest BCUT2D eigenvalue weighted by molar-refractivity contribution is -0.142. The van der Waals surface area contributed by atoms with Crippen LogP contribution in [0, 0.1) is 0 Å². The van der Waals surface area contributed by atoms with Gasteiger partial charge in [-0.25, -0.2) is 4.79 Å². The highest BCUT2D eigenvalue weighted by Gasteiger charge is 2.30. The molecule has 0 bridgehead atoms. The van der Waals surface area contributed by atoms with Crippen molar-refractivity contribution in [1.82, 2.24) is 20.9 Å². The number of guanidine groups is 1. The Hall–Kier alpha value is -3.82. The zero-order valence-corrected chi connectivity index (χ0v) is 25.3. The van der Waals surface area contributed by atoms with Crippen molar-refractivity contribution in [3.8, 4) is 0 Å². The number of carboxylic acid groups (broad SMARTS) is 1. The van der Waals surface area contributed by atoms with Crippen molar-refractivity contribution in [3.63, 3.8) is 0 Å². The number of para-hydroxylation sites is 1. The zero-order valence-electron chi connectivity index (χ0n) is 24.5. The number of aromatic nitrogens is 1. The van der Waals surface area contributed by atoms with Crippen molar-refractivity contribution < 1.29 is 24.3 Å². The Morgan fingerprint density at radius 2 is 1.58 bits per heavy atom. The van der Waals surface area contributed by atoms with Crippen LogP contribution >= 0.6 is 11.8 Å². The molecule has 0 aliphatic heterocycles. The quantitative estimate of drug-likeness (QED) is 0.0522. The molecule has 238 valence electrons. The number of amides is 3. The fourth-order valence-corrected chi connectivity index (χ4v) is 4.93. The van der Waals surface area contributed by atoms with E-state index in [1.807, 2.05) is 30.5 Å². The molecule has 0 saturated carbocycles. The largest absolute Gasteiger partial charge is 0.480 e. The van der Waals surface area contributed by atoms with Crippen LogP contribution in [-0.2, 0) is 25.6 Å². The number of nitrogens with one attached hydrogen (secondary N) is 4. The Labute approximate surface area is 255 Å². The first-order chi connectivity index (χ1) is 20.6. The van der Waals surface area contributed by atoms with Crippen LogP contribution in [0.5, 0.6) is 0 Å². The molecule has 0 radical (unpaired) electrons. The molecule has 0 aliphatic carbocycles. The lowest BCUT2D eigenvalue weighted by atomic mass is 10.0. The molecule has 0 aliphatic rings. The summed E-state index contributed by atoms with van der Waals surface area (Å²) in [5, 5.41) is 18.7. The summed E-state index contributed by atoms with van der Waals surface area (Å²) in [4.78, 5) is 58.7. The van der Waals surface area contributed by atoms with E-state index in [4.69, 9.17) is 22.9 Å². The van der Waals surface area contributed by atoms with Gasteiger partial charge in [-0.1, -0.05) is 24.6 Å². The van der Waals surface area contributed by atoms with Crippen molar-refractivity contribution in [3.05, 3.63) is 36.0 Å². The zero-order chi connectivity index (χ0) is 31.8. The van der Waals surface area contributed by atoms with E-state index >= 15 is 0 Å². The summed E-state index contributed by atoms with van der Waals surface area (Å²) in [5.41, 5.74) is 23.9. The van der Waals surface area contributed by atoms with E-state index in [1.54, 1.807) is 6.20 Å². The Bertz CT molecular complexity index is 1230. The number of hydrogen-bond acceptors (Lipinski definition) is 8. The van der Waals surface area contributed by atoms with Crippen molar-refractivity contribution >= 4 is 52.3 Å². The number of hydrogen-bond donors (Lipinski definition) is 9. The molecule has 14 nitrogen and oxygen atoms in total. The van der Waals surface area contributed by atoms with Gasteiger partial charge in [0.25, 0.3) is 0 Å². The van der Waals surface area contributed by atoms with Gasteiger partial charge in [0.1, 0.15) is 18.1 Å². The van der Waals surface area contributed by atoms with Gasteiger partial charge in [-0.2, -0.15) is 11.8 Å². The van der Waals surface area contributed by atoms with E-state index in [1.165, 1.54) is 11.8 Å². The SMILES string of the molecule is CSCCC(NC(=O)C(N)CCCCN)C(=O)NC(CCCN=C(N)N)C(=O)NC(Cc1c[nH]c2ccccc12)C(=O)O.